The van der Waals surface area contributed by atoms with Gasteiger partial charge in [0, 0.05) is 27.4 Å². The predicted molar refractivity (Wildman–Crippen MR) is 90.3 cm³/mol. The molecule has 0 atom stereocenters. The fourth-order valence-corrected chi connectivity index (χ4v) is 4.20. The van der Waals surface area contributed by atoms with Gasteiger partial charge >= 0.3 is 8.80 Å². The Balaban J connectivity index is 2.18. The maximum Gasteiger partial charge on any atom is 0.500 e. The molecule has 0 N–H and O–H groups in total. The quantitative estimate of drug-likeness (QED) is 0.450. The summed E-state index contributed by atoms with van der Waals surface area (Å²) < 4.78 is 16.3. The van der Waals surface area contributed by atoms with Crippen LogP contribution in [0.15, 0.2) is 30.8 Å². The van der Waals surface area contributed by atoms with Gasteiger partial charge in [-0.15, -0.1) is 0 Å². The van der Waals surface area contributed by atoms with Crippen LogP contribution in [0.25, 0.3) is 6.08 Å². The molecule has 3 nitrogen and oxygen atoms in total. The molecule has 0 fully saturated rings. The second-order valence-electron chi connectivity index (χ2n) is 5.16. The highest BCUT2D eigenvalue weighted by molar-refractivity contribution is 6.60. The fourth-order valence-electron chi connectivity index (χ4n) is 2.40. The molecule has 0 aliphatic heterocycles. The van der Waals surface area contributed by atoms with Crippen LogP contribution in [-0.2, 0) is 19.7 Å². The SMILES string of the molecule is C=Cc1ccc(CCCCCC[Si](OC)(OC)OC)cc1. The van der Waals surface area contributed by atoms with Crippen molar-refractivity contribution >= 4 is 14.9 Å². The summed E-state index contributed by atoms with van der Waals surface area (Å²) in [6.45, 7) is 3.77. The maximum atomic E-state index is 5.42. The molecule has 0 saturated heterocycles. The van der Waals surface area contributed by atoms with E-state index < -0.39 is 8.80 Å². The maximum absolute atomic E-state index is 5.42. The standard InChI is InChI=1S/C17H28O3Si/c1-5-16-11-13-17(14-12-16)10-8-6-7-9-15-21(18-2,19-3)20-4/h5,11-14H,1,6-10,15H2,2-4H3. The van der Waals surface area contributed by atoms with E-state index in [1.165, 1.54) is 30.4 Å². The van der Waals surface area contributed by atoms with Gasteiger partial charge in [0.1, 0.15) is 0 Å². The van der Waals surface area contributed by atoms with E-state index in [2.05, 4.69) is 30.8 Å². The molecule has 1 aromatic carbocycles. The van der Waals surface area contributed by atoms with Gasteiger partial charge in [-0.25, -0.2) is 0 Å². The molecule has 1 aromatic rings. The predicted octanol–water partition coefficient (Wildman–Crippen LogP) is 4.31. The number of aryl methyl sites for hydroxylation is 1. The second kappa shape index (κ2) is 9.90. The largest absolute Gasteiger partial charge is 0.500 e. The number of rotatable bonds is 11. The van der Waals surface area contributed by atoms with E-state index in [9.17, 15) is 0 Å². The lowest BCUT2D eigenvalue weighted by atomic mass is 10.0. The van der Waals surface area contributed by atoms with E-state index in [1.54, 1.807) is 21.3 Å². The zero-order valence-electron chi connectivity index (χ0n) is 13.6. The van der Waals surface area contributed by atoms with Gasteiger partial charge in [0.15, 0.2) is 0 Å². The summed E-state index contributed by atoms with van der Waals surface area (Å²) in [4.78, 5) is 0. The highest BCUT2D eigenvalue weighted by Gasteiger charge is 2.36. The van der Waals surface area contributed by atoms with Gasteiger partial charge in [-0.1, -0.05) is 49.8 Å². The Bertz CT molecular complexity index is 391. The molecule has 0 aliphatic rings. The molecular formula is C17H28O3Si. The van der Waals surface area contributed by atoms with Crippen molar-refractivity contribution in [3.63, 3.8) is 0 Å². The van der Waals surface area contributed by atoms with Crippen molar-refractivity contribution in [2.24, 2.45) is 0 Å². The molecule has 0 aliphatic carbocycles. The molecule has 0 amide bonds. The van der Waals surface area contributed by atoms with Crippen LogP contribution in [0.1, 0.15) is 36.8 Å². The van der Waals surface area contributed by atoms with Crippen molar-refractivity contribution in [2.45, 2.75) is 38.1 Å². The Morgan fingerprint density at radius 1 is 0.905 bits per heavy atom. The van der Waals surface area contributed by atoms with Gasteiger partial charge in [0.05, 0.1) is 0 Å². The molecule has 118 valence electrons. The number of unbranched alkanes of at least 4 members (excludes halogenated alkanes) is 3. The van der Waals surface area contributed by atoms with Crippen LogP contribution in [0, 0.1) is 0 Å². The minimum absolute atomic E-state index is 0.893. The molecular weight excluding hydrogens is 280 g/mol. The Morgan fingerprint density at radius 2 is 1.48 bits per heavy atom. The summed E-state index contributed by atoms with van der Waals surface area (Å²) >= 11 is 0. The van der Waals surface area contributed by atoms with Gasteiger partial charge in [0.25, 0.3) is 0 Å². The average molecular weight is 308 g/mol. The third-order valence-corrected chi connectivity index (χ3v) is 6.68. The van der Waals surface area contributed by atoms with Gasteiger partial charge in [-0.2, -0.15) is 0 Å². The van der Waals surface area contributed by atoms with Gasteiger partial charge in [-0.05, 0) is 30.4 Å². The summed E-state index contributed by atoms with van der Waals surface area (Å²) in [7, 11) is 2.66. The first-order valence-electron chi connectivity index (χ1n) is 7.56. The Kier molecular flexibility index (Phi) is 8.53. The van der Waals surface area contributed by atoms with Crippen LogP contribution >= 0.6 is 0 Å². The van der Waals surface area contributed by atoms with Crippen LogP contribution in [0.4, 0.5) is 0 Å². The number of hydrogen-bond acceptors (Lipinski definition) is 3. The lowest BCUT2D eigenvalue weighted by molar-refractivity contribution is 0.122. The van der Waals surface area contributed by atoms with E-state index in [1.807, 2.05) is 6.08 Å². The van der Waals surface area contributed by atoms with Crippen LogP contribution in [0.2, 0.25) is 6.04 Å². The minimum atomic E-state index is -2.36. The van der Waals surface area contributed by atoms with Crippen LogP contribution < -0.4 is 0 Å². The van der Waals surface area contributed by atoms with Gasteiger partial charge < -0.3 is 13.3 Å². The van der Waals surface area contributed by atoms with Gasteiger partial charge in [-0.3, -0.25) is 0 Å². The Hall–Kier alpha value is -0.943. The summed E-state index contributed by atoms with van der Waals surface area (Å²) in [5.41, 5.74) is 2.58. The fraction of sp³-hybridized carbons (Fsp3) is 0.529. The van der Waals surface area contributed by atoms with Crippen molar-refractivity contribution in [3.8, 4) is 0 Å². The number of hydrogen-bond donors (Lipinski definition) is 0. The van der Waals surface area contributed by atoms with Crippen molar-refractivity contribution in [2.75, 3.05) is 21.3 Å². The average Bonchev–Trinajstić information content (AvgIpc) is 2.55. The molecule has 0 spiro atoms. The summed E-state index contributed by atoms with van der Waals surface area (Å²) in [6.07, 6.45) is 7.74. The lowest BCUT2D eigenvalue weighted by Gasteiger charge is -2.24. The molecule has 21 heavy (non-hydrogen) atoms. The molecule has 0 bridgehead atoms. The summed E-state index contributed by atoms with van der Waals surface area (Å²) in [5.74, 6) is 0. The van der Waals surface area contributed by atoms with Crippen molar-refractivity contribution in [1.82, 2.24) is 0 Å². The third-order valence-electron chi connectivity index (χ3n) is 3.85. The zero-order chi connectivity index (χ0) is 15.6. The van der Waals surface area contributed by atoms with Crippen molar-refractivity contribution < 1.29 is 13.3 Å². The zero-order valence-corrected chi connectivity index (χ0v) is 14.6. The highest BCUT2D eigenvalue weighted by atomic mass is 28.4. The summed E-state index contributed by atoms with van der Waals surface area (Å²) in [6, 6.07) is 9.52. The Morgan fingerprint density at radius 3 is 2.00 bits per heavy atom. The van der Waals surface area contributed by atoms with E-state index in [4.69, 9.17) is 13.3 Å². The van der Waals surface area contributed by atoms with Crippen molar-refractivity contribution in [3.05, 3.63) is 42.0 Å². The normalized spacial score (nSPS) is 11.6. The Labute approximate surface area is 130 Å². The van der Waals surface area contributed by atoms with Crippen LogP contribution in [0.5, 0.6) is 0 Å². The molecule has 0 heterocycles. The van der Waals surface area contributed by atoms with Crippen LogP contribution in [-0.4, -0.2) is 30.1 Å². The first-order chi connectivity index (χ1) is 10.2. The molecule has 0 saturated carbocycles. The smallest absolute Gasteiger partial charge is 0.377 e. The second-order valence-corrected chi connectivity index (χ2v) is 8.25. The van der Waals surface area contributed by atoms with E-state index >= 15 is 0 Å². The first kappa shape index (κ1) is 18.1. The van der Waals surface area contributed by atoms with E-state index in [0.717, 1.165) is 18.9 Å². The third kappa shape index (κ3) is 6.14. The summed E-state index contributed by atoms with van der Waals surface area (Å²) in [5, 5.41) is 0. The van der Waals surface area contributed by atoms with Crippen molar-refractivity contribution in [1.29, 1.82) is 0 Å². The van der Waals surface area contributed by atoms with E-state index in [0.29, 0.717) is 0 Å². The minimum Gasteiger partial charge on any atom is -0.377 e. The lowest BCUT2D eigenvalue weighted by Crippen LogP contribution is -2.42. The molecule has 4 heteroatoms. The number of benzene rings is 1. The molecule has 0 unspecified atom stereocenters. The van der Waals surface area contributed by atoms with Crippen LogP contribution in [0.3, 0.4) is 0 Å². The van der Waals surface area contributed by atoms with E-state index in [-0.39, 0.29) is 0 Å². The monoisotopic (exact) mass is 308 g/mol. The topological polar surface area (TPSA) is 27.7 Å². The highest BCUT2D eigenvalue weighted by Crippen LogP contribution is 2.18. The first-order valence-corrected chi connectivity index (χ1v) is 9.49. The molecule has 1 rings (SSSR count). The molecule has 0 radical (unpaired) electrons. The van der Waals surface area contributed by atoms with Gasteiger partial charge in [0.2, 0.25) is 0 Å². The molecule has 0 aromatic heterocycles.